The second-order valence-electron chi connectivity index (χ2n) is 5.53. The van der Waals surface area contributed by atoms with Crippen molar-refractivity contribution in [3.63, 3.8) is 0 Å². The highest BCUT2D eigenvalue weighted by molar-refractivity contribution is 7.89. The van der Waals surface area contributed by atoms with Gasteiger partial charge in [0.15, 0.2) is 0 Å². The number of halogens is 1. The molecule has 2 N–H and O–H groups in total. The number of rotatable bonds is 5. The highest BCUT2D eigenvalue weighted by Gasteiger charge is 2.34. The Balaban J connectivity index is 0.00000220. The van der Waals surface area contributed by atoms with Gasteiger partial charge in [0, 0.05) is 19.1 Å². The lowest BCUT2D eigenvalue weighted by molar-refractivity contribution is 0.393. The van der Waals surface area contributed by atoms with Crippen LogP contribution >= 0.6 is 12.4 Å². The molecule has 1 aromatic rings. The van der Waals surface area contributed by atoms with Gasteiger partial charge >= 0.3 is 0 Å². The SMILES string of the molecule is CCC(C)c1ccc(S(=O)(=O)N2CCCC2CN)cc1.Cl. The van der Waals surface area contributed by atoms with Crippen molar-refractivity contribution < 1.29 is 8.42 Å². The van der Waals surface area contributed by atoms with Crippen molar-refractivity contribution in [1.82, 2.24) is 4.31 Å². The van der Waals surface area contributed by atoms with Crippen molar-refractivity contribution in [3.05, 3.63) is 29.8 Å². The fraction of sp³-hybridized carbons (Fsp3) is 0.600. The van der Waals surface area contributed by atoms with Gasteiger partial charge in [-0.25, -0.2) is 8.42 Å². The zero-order chi connectivity index (χ0) is 14.8. The van der Waals surface area contributed by atoms with Crippen LogP contribution in [-0.2, 0) is 10.0 Å². The highest BCUT2D eigenvalue weighted by atomic mass is 35.5. The van der Waals surface area contributed by atoms with E-state index in [0.717, 1.165) is 19.3 Å². The molecular weight excluding hydrogens is 308 g/mol. The van der Waals surface area contributed by atoms with E-state index < -0.39 is 10.0 Å². The fourth-order valence-electron chi connectivity index (χ4n) is 2.70. The molecule has 4 nitrogen and oxygen atoms in total. The average Bonchev–Trinajstić information content (AvgIpc) is 2.95. The van der Waals surface area contributed by atoms with Crippen LogP contribution in [0.15, 0.2) is 29.2 Å². The predicted octanol–water partition coefficient (Wildman–Crippen LogP) is 2.73. The summed E-state index contributed by atoms with van der Waals surface area (Å²) >= 11 is 0. The first-order valence-electron chi connectivity index (χ1n) is 7.32. The van der Waals surface area contributed by atoms with E-state index in [1.807, 2.05) is 12.1 Å². The van der Waals surface area contributed by atoms with Gasteiger partial charge in [-0.05, 0) is 42.9 Å². The average molecular weight is 333 g/mol. The molecule has 120 valence electrons. The Kier molecular flexibility index (Phi) is 6.66. The molecule has 0 radical (unpaired) electrons. The third-order valence-electron chi connectivity index (χ3n) is 4.26. The van der Waals surface area contributed by atoms with Crippen molar-refractivity contribution in [2.75, 3.05) is 13.1 Å². The molecule has 0 aliphatic carbocycles. The number of nitrogens with zero attached hydrogens (tertiary/aromatic N) is 1. The normalized spacial score (nSPS) is 21.0. The maximum absolute atomic E-state index is 12.6. The van der Waals surface area contributed by atoms with Gasteiger partial charge in [0.05, 0.1) is 4.90 Å². The molecule has 0 saturated carbocycles. The highest BCUT2D eigenvalue weighted by Crippen LogP contribution is 2.27. The maximum atomic E-state index is 12.6. The number of hydrogen-bond donors (Lipinski definition) is 1. The Morgan fingerprint density at radius 3 is 2.48 bits per heavy atom. The summed E-state index contributed by atoms with van der Waals surface area (Å²) < 4.78 is 26.8. The van der Waals surface area contributed by atoms with Crippen LogP contribution in [-0.4, -0.2) is 31.9 Å². The molecule has 0 bridgehead atoms. The van der Waals surface area contributed by atoms with Crippen molar-refractivity contribution in [2.45, 2.75) is 50.0 Å². The lowest BCUT2D eigenvalue weighted by atomic mass is 9.99. The van der Waals surface area contributed by atoms with Gasteiger partial charge < -0.3 is 5.73 Å². The van der Waals surface area contributed by atoms with E-state index in [-0.39, 0.29) is 18.4 Å². The Morgan fingerprint density at radius 1 is 1.33 bits per heavy atom. The molecule has 0 spiro atoms. The van der Waals surface area contributed by atoms with Gasteiger partial charge in [-0.3, -0.25) is 0 Å². The van der Waals surface area contributed by atoms with Gasteiger partial charge in [0.1, 0.15) is 0 Å². The van der Waals surface area contributed by atoms with Gasteiger partial charge in [-0.1, -0.05) is 26.0 Å². The van der Waals surface area contributed by atoms with Crippen LogP contribution < -0.4 is 5.73 Å². The third kappa shape index (κ3) is 3.77. The molecule has 2 rings (SSSR count). The van der Waals surface area contributed by atoms with E-state index in [2.05, 4.69) is 13.8 Å². The minimum Gasteiger partial charge on any atom is -0.329 e. The summed E-state index contributed by atoms with van der Waals surface area (Å²) in [5.41, 5.74) is 6.86. The molecular formula is C15H25ClN2O2S. The van der Waals surface area contributed by atoms with Crippen LogP contribution in [0.3, 0.4) is 0 Å². The third-order valence-corrected chi connectivity index (χ3v) is 6.23. The summed E-state index contributed by atoms with van der Waals surface area (Å²) in [6.07, 6.45) is 2.81. The van der Waals surface area contributed by atoms with Crippen molar-refractivity contribution >= 4 is 22.4 Å². The fourth-order valence-corrected chi connectivity index (χ4v) is 4.40. The number of sulfonamides is 1. The van der Waals surface area contributed by atoms with Crippen LogP contribution in [0, 0.1) is 0 Å². The van der Waals surface area contributed by atoms with Crippen LogP contribution in [0.25, 0.3) is 0 Å². The molecule has 1 fully saturated rings. The molecule has 0 aromatic heterocycles. The van der Waals surface area contributed by atoms with Crippen LogP contribution in [0.1, 0.15) is 44.6 Å². The van der Waals surface area contributed by atoms with Crippen LogP contribution in [0.2, 0.25) is 0 Å². The first-order chi connectivity index (χ1) is 9.50. The second-order valence-corrected chi connectivity index (χ2v) is 7.42. The van der Waals surface area contributed by atoms with Gasteiger partial charge in [0.2, 0.25) is 10.0 Å². The minimum absolute atomic E-state index is 0. The van der Waals surface area contributed by atoms with Gasteiger partial charge in [-0.2, -0.15) is 4.31 Å². The largest absolute Gasteiger partial charge is 0.329 e. The Morgan fingerprint density at radius 2 is 1.95 bits per heavy atom. The van der Waals surface area contributed by atoms with Crippen molar-refractivity contribution in [3.8, 4) is 0 Å². The molecule has 1 heterocycles. The van der Waals surface area contributed by atoms with E-state index >= 15 is 0 Å². The van der Waals surface area contributed by atoms with E-state index in [0.29, 0.717) is 23.9 Å². The van der Waals surface area contributed by atoms with Gasteiger partial charge in [-0.15, -0.1) is 12.4 Å². The minimum atomic E-state index is -3.40. The number of hydrogen-bond acceptors (Lipinski definition) is 3. The molecule has 1 aromatic carbocycles. The summed E-state index contributed by atoms with van der Waals surface area (Å²) in [4.78, 5) is 0.380. The van der Waals surface area contributed by atoms with Crippen molar-refractivity contribution in [2.24, 2.45) is 5.73 Å². The molecule has 1 aliphatic heterocycles. The molecule has 2 unspecified atom stereocenters. The van der Waals surface area contributed by atoms with Crippen LogP contribution in [0.5, 0.6) is 0 Å². The standard InChI is InChI=1S/C15H24N2O2S.ClH/c1-3-12(2)13-6-8-15(9-7-13)20(18,19)17-10-4-5-14(17)11-16;/h6-9,12,14H,3-5,10-11,16H2,1-2H3;1H. The zero-order valence-corrected chi connectivity index (χ0v) is 14.3. The molecule has 1 aliphatic rings. The van der Waals surface area contributed by atoms with Crippen molar-refractivity contribution in [1.29, 1.82) is 0 Å². The lowest BCUT2D eigenvalue weighted by Gasteiger charge is -2.23. The molecule has 2 atom stereocenters. The van der Waals surface area contributed by atoms with Crippen LogP contribution in [0.4, 0.5) is 0 Å². The Labute approximate surface area is 134 Å². The van der Waals surface area contributed by atoms with Gasteiger partial charge in [0.25, 0.3) is 0 Å². The zero-order valence-electron chi connectivity index (χ0n) is 12.7. The number of benzene rings is 1. The lowest BCUT2D eigenvalue weighted by Crippen LogP contribution is -2.39. The Bertz CT molecular complexity index is 545. The second kappa shape index (κ2) is 7.58. The van der Waals surface area contributed by atoms with E-state index in [1.165, 1.54) is 5.56 Å². The van der Waals surface area contributed by atoms with E-state index in [1.54, 1.807) is 16.4 Å². The molecule has 6 heteroatoms. The molecule has 21 heavy (non-hydrogen) atoms. The summed E-state index contributed by atoms with van der Waals surface area (Å²) in [5.74, 6) is 0.454. The first kappa shape index (κ1) is 18.4. The summed E-state index contributed by atoms with van der Waals surface area (Å²) in [7, 11) is -3.40. The maximum Gasteiger partial charge on any atom is 0.243 e. The number of nitrogens with two attached hydrogens (primary N) is 1. The first-order valence-corrected chi connectivity index (χ1v) is 8.76. The summed E-state index contributed by atoms with van der Waals surface area (Å²) in [5, 5.41) is 0. The quantitative estimate of drug-likeness (QED) is 0.901. The van der Waals surface area contributed by atoms with E-state index in [9.17, 15) is 8.42 Å². The Hall–Kier alpha value is -0.620. The summed E-state index contributed by atoms with van der Waals surface area (Å²) in [6.45, 7) is 5.25. The monoisotopic (exact) mass is 332 g/mol. The molecule has 0 amide bonds. The smallest absolute Gasteiger partial charge is 0.243 e. The molecule has 1 saturated heterocycles. The predicted molar refractivity (Wildman–Crippen MR) is 88.4 cm³/mol. The van der Waals surface area contributed by atoms with E-state index in [4.69, 9.17) is 5.73 Å². The summed E-state index contributed by atoms with van der Waals surface area (Å²) in [6, 6.07) is 7.25. The topological polar surface area (TPSA) is 63.4 Å².